The molecule has 0 aromatic heterocycles. The van der Waals surface area contributed by atoms with Gasteiger partial charge in [0.2, 0.25) is 0 Å². The van der Waals surface area contributed by atoms with E-state index in [-0.39, 0.29) is 17.4 Å². The van der Waals surface area contributed by atoms with Crippen molar-refractivity contribution in [2.24, 2.45) is 5.92 Å². The van der Waals surface area contributed by atoms with Crippen molar-refractivity contribution in [3.05, 3.63) is 29.8 Å². The summed E-state index contributed by atoms with van der Waals surface area (Å²) in [7, 11) is 0. The van der Waals surface area contributed by atoms with Crippen LogP contribution >= 0.6 is 0 Å². The topological polar surface area (TPSA) is 33.0 Å². The van der Waals surface area contributed by atoms with E-state index in [1.165, 1.54) is 18.4 Å². The summed E-state index contributed by atoms with van der Waals surface area (Å²) in [5, 5.41) is 9.29. The summed E-state index contributed by atoms with van der Waals surface area (Å²) >= 11 is 0. The Hall–Kier alpha value is -1.49. The van der Waals surface area contributed by atoms with E-state index in [4.69, 9.17) is 4.74 Å². The van der Waals surface area contributed by atoms with Crippen LogP contribution in [0.2, 0.25) is 0 Å². The largest absolute Gasteiger partial charge is 0.489 e. The molecule has 1 aliphatic carbocycles. The van der Waals surface area contributed by atoms with Gasteiger partial charge in [-0.1, -0.05) is 45.7 Å². The first-order chi connectivity index (χ1) is 9.50. The first-order valence-corrected chi connectivity index (χ1v) is 7.67. The van der Waals surface area contributed by atoms with Gasteiger partial charge in [-0.15, -0.1) is 0 Å². The van der Waals surface area contributed by atoms with Crippen LogP contribution in [0.3, 0.4) is 0 Å². The van der Waals surface area contributed by atoms with Crippen LogP contribution in [0.5, 0.6) is 5.75 Å². The highest BCUT2D eigenvalue weighted by molar-refractivity contribution is 5.31. The van der Waals surface area contributed by atoms with E-state index < -0.39 is 0 Å². The summed E-state index contributed by atoms with van der Waals surface area (Å²) < 4.78 is 6.08. The van der Waals surface area contributed by atoms with Crippen LogP contribution in [0.1, 0.15) is 58.4 Å². The minimum Gasteiger partial charge on any atom is -0.489 e. The van der Waals surface area contributed by atoms with Crippen molar-refractivity contribution in [3.8, 4) is 11.8 Å². The maximum atomic E-state index is 9.29. The smallest absolute Gasteiger partial charge is 0.119 e. The van der Waals surface area contributed by atoms with Crippen molar-refractivity contribution in [3.63, 3.8) is 0 Å². The third-order valence-corrected chi connectivity index (χ3v) is 4.13. The van der Waals surface area contributed by atoms with Gasteiger partial charge in [0.25, 0.3) is 0 Å². The van der Waals surface area contributed by atoms with Crippen LogP contribution in [0, 0.1) is 17.2 Å². The summed E-state index contributed by atoms with van der Waals surface area (Å²) in [6.45, 7) is 6.62. The molecule has 2 unspecified atom stereocenters. The normalized spacial score (nSPS) is 23.7. The van der Waals surface area contributed by atoms with Gasteiger partial charge < -0.3 is 4.74 Å². The molecule has 2 rings (SSSR count). The zero-order valence-electron chi connectivity index (χ0n) is 12.9. The van der Waals surface area contributed by atoms with Gasteiger partial charge in [-0.05, 0) is 42.4 Å². The highest BCUT2D eigenvalue weighted by Crippen LogP contribution is 2.29. The Morgan fingerprint density at radius 3 is 2.30 bits per heavy atom. The van der Waals surface area contributed by atoms with Gasteiger partial charge in [-0.3, -0.25) is 0 Å². The zero-order chi connectivity index (χ0) is 14.6. The quantitative estimate of drug-likeness (QED) is 0.721. The standard InChI is InChI=1S/C18H25NO/c1-18(2,3)15-9-11-16(12-10-15)20-17-8-6-4-5-7-14(17)13-19/h9-12,14,17H,4-8H2,1-3H3. The molecule has 0 radical (unpaired) electrons. The summed E-state index contributed by atoms with van der Waals surface area (Å²) in [6, 6.07) is 10.8. The third-order valence-electron chi connectivity index (χ3n) is 4.13. The number of hydrogen-bond acceptors (Lipinski definition) is 2. The van der Waals surface area contributed by atoms with Gasteiger partial charge in [0.05, 0.1) is 12.0 Å². The van der Waals surface area contributed by atoms with Crippen LogP contribution in [-0.2, 0) is 5.41 Å². The summed E-state index contributed by atoms with van der Waals surface area (Å²) in [5.41, 5.74) is 1.47. The van der Waals surface area contributed by atoms with Crippen LogP contribution in [0.25, 0.3) is 0 Å². The molecule has 2 atom stereocenters. The highest BCUT2D eigenvalue weighted by atomic mass is 16.5. The van der Waals surface area contributed by atoms with Crippen molar-refractivity contribution >= 4 is 0 Å². The Morgan fingerprint density at radius 1 is 1.05 bits per heavy atom. The van der Waals surface area contributed by atoms with Crippen molar-refractivity contribution in [2.75, 3.05) is 0 Å². The van der Waals surface area contributed by atoms with Gasteiger partial charge in [-0.2, -0.15) is 5.26 Å². The first-order valence-electron chi connectivity index (χ1n) is 7.67. The lowest BCUT2D eigenvalue weighted by molar-refractivity contribution is 0.152. The second-order valence-corrected chi connectivity index (χ2v) is 6.80. The molecular formula is C18H25NO. The van der Waals surface area contributed by atoms with Crippen LogP contribution in [-0.4, -0.2) is 6.10 Å². The zero-order valence-corrected chi connectivity index (χ0v) is 12.9. The molecule has 1 aromatic rings. The molecule has 1 aliphatic rings. The van der Waals surface area contributed by atoms with Gasteiger partial charge in [0.15, 0.2) is 0 Å². The molecule has 0 heterocycles. The van der Waals surface area contributed by atoms with E-state index in [0.29, 0.717) is 0 Å². The molecular weight excluding hydrogens is 246 g/mol. The fraction of sp³-hybridized carbons (Fsp3) is 0.611. The summed E-state index contributed by atoms with van der Waals surface area (Å²) in [6.07, 6.45) is 5.58. The Kier molecular flexibility index (Phi) is 4.70. The van der Waals surface area contributed by atoms with E-state index in [1.54, 1.807) is 0 Å². The number of ether oxygens (including phenoxy) is 1. The molecule has 108 valence electrons. The van der Waals surface area contributed by atoms with Crippen LogP contribution < -0.4 is 4.74 Å². The lowest BCUT2D eigenvalue weighted by Gasteiger charge is -2.23. The number of nitriles is 1. The molecule has 0 spiro atoms. The van der Waals surface area contributed by atoms with Crippen molar-refractivity contribution in [1.29, 1.82) is 5.26 Å². The maximum Gasteiger partial charge on any atom is 0.119 e. The average Bonchev–Trinajstić information content (AvgIpc) is 2.63. The van der Waals surface area contributed by atoms with Crippen LogP contribution in [0.4, 0.5) is 0 Å². The summed E-state index contributed by atoms with van der Waals surface area (Å²) in [4.78, 5) is 0. The molecule has 0 N–H and O–H groups in total. The molecule has 0 bridgehead atoms. The molecule has 1 saturated carbocycles. The van der Waals surface area contributed by atoms with E-state index in [9.17, 15) is 5.26 Å². The predicted molar refractivity (Wildman–Crippen MR) is 81.7 cm³/mol. The highest BCUT2D eigenvalue weighted by Gasteiger charge is 2.25. The molecule has 1 aromatic carbocycles. The Morgan fingerprint density at radius 2 is 1.70 bits per heavy atom. The molecule has 20 heavy (non-hydrogen) atoms. The van der Waals surface area contributed by atoms with Gasteiger partial charge >= 0.3 is 0 Å². The van der Waals surface area contributed by atoms with Crippen LogP contribution in [0.15, 0.2) is 24.3 Å². The maximum absolute atomic E-state index is 9.29. The van der Waals surface area contributed by atoms with Gasteiger partial charge in [0, 0.05) is 0 Å². The minimum atomic E-state index is 0.0415. The fourth-order valence-corrected chi connectivity index (χ4v) is 2.77. The first kappa shape index (κ1) is 14.9. The molecule has 0 saturated heterocycles. The molecule has 2 nitrogen and oxygen atoms in total. The molecule has 1 fully saturated rings. The lowest BCUT2D eigenvalue weighted by atomic mass is 9.87. The Labute approximate surface area is 122 Å². The minimum absolute atomic E-state index is 0.0415. The second kappa shape index (κ2) is 6.31. The van der Waals surface area contributed by atoms with Crippen molar-refractivity contribution in [2.45, 2.75) is 64.4 Å². The van der Waals surface area contributed by atoms with Crippen molar-refractivity contribution in [1.82, 2.24) is 0 Å². The number of nitrogens with zero attached hydrogens (tertiary/aromatic N) is 1. The number of benzene rings is 1. The average molecular weight is 271 g/mol. The van der Waals surface area contributed by atoms with E-state index in [0.717, 1.165) is 25.0 Å². The Bertz CT molecular complexity index is 464. The molecule has 2 heteroatoms. The van der Waals surface area contributed by atoms with E-state index >= 15 is 0 Å². The predicted octanol–water partition coefficient (Wildman–Crippen LogP) is 4.84. The van der Waals surface area contributed by atoms with E-state index in [1.807, 2.05) is 12.1 Å². The fourth-order valence-electron chi connectivity index (χ4n) is 2.77. The van der Waals surface area contributed by atoms with E-state index in [2.05, 4.69) is 39.0 Å². The second-order valence-electron chi connectivity index (χ2n) is 6.80. The van der Waals surface area contributed by atoms with Gasteiger partial charge in [0.1, 0.15) is 11.9 Å². The number of hydrogen-bond donors (Lipinski definition) is 0. The van der Waals surface area contributed by atoms with Gasteiger partial charge in [-0.25, -0.2) is 0 Å². The Balaban J connectivity index is 2.07. The summed E-state index contributed by atoms with van der Waals surface area (Å²) in [5.74, 6) is 0.935. The third kappa shape index (κ3) is 3.76. The van der Waals surface area contributed by atoms with Crippen molar-refractivity contribution < 1.29 is 4.74 Å². The molecule has 0 aliphatic heterocycles. The monoisotopic (exact) mass is 271 g/mol. The SMILES string of the molecule is CC(C)(C)c1ccc(OC2CCCCCC2C#N)cc1. The lowest BCUT2D eigenvalue weighted by Crippen LogP contribution is -2.25. The molecule has 0 amide bonds. The number of rotatable bonds is 2.